The zero-order chi connectivity index (χ0) is 48.5. The molecule has 4 N–H and O–H groups in total. The molecule has 0 radical (unpaired) electrons. The molecule has 17 nitrogen and oxygen atoms in total. The smallest absolute Gasteiger partial charge is 0.408 e. The molecule has 8 rings (SSSR count). The van der Waals surface area contributed by atoms with E-state index in [0.717, 1.165) is 17.1 Å². The minimum atomic E-state index is -3.87. The number of aliphatic carboxylic acids is 1. The molecule has 2 aromatic heterocycles. The standard InChI is InChI=1S/C49H61N7O10S2/c1-29(2)50-46-52-38(28-67-46)37-24-40(34-19-18-32(64-6)22-36(34)51-37)65-33-23-39-43(57)54-49(45(59)60)25-31(49)15-10-8-7-9-11-16-35(44(58)56(39)26-33)53-47(61)66-42(48(3,4)5)27-55-21-20-30-14-12-13-17-41(30)68(55,62)63/h10,12-15,17-19,22,24,28-29,31,33,35,39,42H,7-9,11,16,20-21,23,25-27H2,1-6H3,(H,50,52)(H,53,61)(H,54,57)(H,59,60)/t31?,33-,35+,39+,42-,49-/m1/s1. The van der Waals surface area contributed by atoms with Crippen LogP contribution in [0.15, 0.2) is 71.0 Å². The van der Waals surface area contributed by atoms with Crippen LogP contribution in [0.1, 0.15) is 85.1 Å². The van der Waals surface area contributed by atoms with Gasteiger partial charge in [0.2, 0.25) is 21.8 Å². The first kappa shape index (κ1) is 48.7. The van der Waals surface area contributed by atoms with E-state index in [9.17, 15) is 27.9 Å². The molecule has 4 aromatic rings. The maximum absolute atomic E-state index is 15.0. The highest BCUT2D eigenvalue weighted by Crippen LogP contribution is 2.46. The van der Waals surface area contributed by atoms with Crippen molar-refractivity contribution in [2.75, 3.05) is 32.1 Å². The van der Waals surface area contributed by atoms with Crippen LogP contribution in [0.3, 0.4) is 0 Å². The minimum Gasteiger partial charge on any atom is -0.497 e. The van der Waals surface area contributed by atoms with Crippen LogP contribution in [0.2, 0.25) is 0 Å². The summed E-state index contributed by atoms with van der Waals surface area (Å²) in [6, 6.07) is 11.9. The Morgan fingerprint density at radius 1 is 1.06 bits per heavy atom. The van der Waals surface area contributed by atoms with Crippen LogP contribution in [0.5, 0.6) is 11.5 Å². The summed E-state index contributed by atoms with van der Waals surface area (Å²) in [5, 5.41) is 22.6. The molecule has 5 heterocycles. The number of pyridine rings is 1. The van der Waals surface area contributed by atoms with Crippen molar-refractivity contribution in [3.8, 4) is 22.9 Å². The number of carbonyl (C=O) groups is 4. The summed E-state index contributed by atoms with van der Waals surface area (Å²) in [6.07, 6.45) is 4.86. The number of carboxylic acids is 1. The van der Waals surface area contributed by atoms with Gasteiger partial charge >= 0.3 is 12.1 Å². The maximum atomic E-state index is 15.0. The number of sulfonamides is 1. The number of carbonyl (C=O) groups excluding carboxylic acids is 3. The van der Waals surface area contributed by atoms with Crippen molar-refractivity contribution in [3.05, 3.63) is 71.6 Å². The number of amides is 3. The van der Waals surface area contributed by atoms with E-state index in [1.165, 1.54) is 20.5 Å². The molecule has 1 aliphatic carbocycles. The molecule has 1 saturated carbocycles. The highest BCUT2D eigenvalue weighted by molar-refractivity contribution is 7.89. The van der Waals surface area contributed by atoms with Gasteiger partial charge < -0.3 is 40.2 Å². The van der Waals surface area contributed by atoms with Crippen molar-refractivity contribution in [3.63, 3.8) is 0 Å². The second kappa shape index (κ2) is 19.7. The second-order valence-corrected chi connectivity index (χ2v) is 22.3. The molecule has 1 saturated heterocycles. The third kappa shape index (κ3) is 10.4. The van der Waals surface area contributed by atoms with Gasteiger partial charge in [0.15, 0.2) is 5.13 Å². The van der Waals surface area contributed by atoms with E-state index in [1.54, 1.807) is 49.6 Å². The lowest BCUT2D eigenvalue weighted by molar-refractivity contribution is -0.145. The molecule has 364 valence electrons. The largest absolute Gasteiger partial charge is 0.497 e. The molecule has 3 amide bonds. The molecule has 1 unspecified atom stereocenters. The zero-order valence-electron chi connectivity index (χ0n) is 39.3. The number of allylic oxidation sites excluding steroid dienone is 1. The van der Waals surface area contributed by atoms with Gasteiger partial charge in [0.1, 0.15) is 47.0 Å². The van der Waals surface area contributed by atoms with E-state index in [-0.39, 0.29) is 49.8 Å². The predicted molar refractivity (Wildman–Crippen MR) is 257 cm³/mol. The molecule has 4 aliphatic rings. The van der Waals surface area contributed by atoms with Crippen LogP contribution >= 0.6 is 11.3 Å². The minimum absolute atomic E-state index is 0.0128. The number of benzene rings is 2. The van der Waals surface area contributed by atoms with Crippen LogP contribution in [0, 0.1) is 11.3 Å². The first-order chi connectivity index (χ1) is 32.4. The topological polar surface area (TPSA) is 219 Å². The molecular weight excluding hydrogens is 911 g/mol. The van der Waals surface area contributed by atoms with E-state index in [0.29, 0.717) is 59.5 Å². The molecule has 3 aliphatic heterocycles. The molecule has 0 bridgehead atoms. The van der Waals surface area contributed by atoms with Gasteiger partial charge in [-0.2, -0.15) is 4.31 Å². The molecule has 19 heteroatoms. The van der Waals surface area contributed by atoms with Gasteiger partial charge in [-0.25, -0.2) is 28.0 Å². The van der Waals surface area contributed by atoms with E-state index in [2.05, 4.69) is 16.0 Å². The van der Waals surface area contributed by atoms with Crippen LogP contribution in [-0.2, 0) is 35.6 Å². The molecule has 2 fully saturated rings. The number of alkyl carbamates (subject to hydrolysis) is 1. The predicted octanol–water partition coefficient (Wildman–Crippen LogP) is 6.77. The van der Waals surface area contributed by atoms with Crippen molar-refractivity contribution >= 4 is 61.3 Å². The summed E-state index contributed by atoms with van der Waals surface area (Å²) >= 11 is 1.44. The summed E-state index contributed by atoms with van der Waals surface area (Å²) in [6.45, 7) is 9.65. The first-order valence-electron chi connectivity index (χ1n) is 23.3. The Morgan fingerprint density at radius 3 is 2.60 bits per heavy atom. The van der Waals surface area contributed by atoms with Crippen LogP contribution < -0.4 is 25.4 Å². The average Bonchev–Trinajstić information content (AvgIpc) is 3.55. The number of anilines is 1. The fraction of sp³-hybridized carbons (Fsp3) is 0.510. The molecule has 68 heavy (non-hydrogen) atoms. The highest BCUT2D eigenvalue weighted by atomic mass is 32.2. The fourth-order valence-electron chi connectivity index (χ4n) is 9.20. The molecular formula is C49H61N7O10S2. The van der Waals surface area contributed by atoms with Gasteiger partial charge in [0.05, 0.1) is 36.3 Å². The number of nitrogens with zero attached hydrogens (tertiary/aromatic N) is 4. The lowest BCUT2D eigenvalue weighted by atomic mass is 9.89. The van der Waals surface area contributed by atoms with Crippen molar-refractivity contribution < 1.29 is 46.9 Å². The van der Waals surface area contributed by atoms with E-state index in [4.69, 9.17) is 24.2 Å². The number of nitrogens with one attached hydrogen (secondary N) is 3. The molecule has 2 aromatic carbocycles. The Hall–Kier alpha value is -5.79. The summed E-state index contributed by atoms with van der Waals surface area (Å²) < 4.78 is 47.2. The summed E-state index contributed by atoms with van der Waals surface area (Å²) in [7, 11) is -2.31. The summed E-state index contributed by atoms with van der Waals surface area (Å²) in [4.78, 5) is 67.6. The fourth-order valence-corrected chi connectivity index (χ4v) is 11.7. The average molecular weight is 972 g/mol. The number of methoxy groups -OCH3 is 1. The number of aromatic nitrogens is 2. The number of rotatable bonds is 11. The normalized spacial score (nSPS) is 24.7. The quantitative estimate of drug-likeness (QED) is 0.114. The van der Waals surface area contributed by atoms with E-state index < -0.39 is 75.1 Å². The maximum Gasteiger partial charge on any atom is 0.408 e. The van der Waals surface area contributed by atoms with Crippen molar-refractivity contribution in [1.82, 2.24) is 29.8 Å². The highest BCUT2D eigenvalue weighted by Gasteiger charge is 2.61. The van der Waals surface area contributed by atoms with Gasteiger partial charge in [-0.3, -0.25) is 9.59 Å². The Bertz CT molecular complexity index is 2700. The number of fused-ring (bicyclic) bond motifs is 4. The van der Waals surface area contributed by atoms with Crippen LogP contribution in [-0.4, -0.2) is 119 Å². The van der Waals surface area contributed by atoms with Gasteiger partial charge in [-0.05, 0) is 69.7 Å². The molecule has 0 spiro atoms. The second-order valence-electron chi connectivity index (χ2n) is 19.5. The Labute approximate surface area is 401 Å². The number of hydrogen-bond acceptors (Lipinski definition) is 13. The first-order valence-corrected chi connectivity index (χ1v) is 25.6. The van der Waals surface area contributed by atoms with Crippen molar-refractivity contribution in [2.24, 2.45) is 11.3 Å². The van der Waals surface area contributed by atoms with Gasteiger partial charge in [-0.15, -0.1) is 11.3 Å². The zero-order valence-corrected chi connectivity index (χ0v) is 41.0. The third-order valence-electron chi connectivity index (χ3n) is 13.2. The lowest BCUT2D eigenvalue weighted by Gasteiger charge is -2.36. The third-order valence-corrected chi connectivity index (χ3v) is 15.9. The Balaban J connectivity index is 1.08. The van der Waals surface area contributed by atoms with Crippen molar-refractivity contribution in [2.45, 2.75) is 127 Å². The SMILES string of the molecule is COc1ccc2c(O[C@@H]3C[C@H]4C(=O)N[C@]5(C(=O)O)CC5C=CCCCCC[C@H](NC(=O)O[C@H](CN5CCc6ccccc6S5(=O)=O)C(C)(C)C)C(=O)N4C3)cc(-c3csc(NC(C)C)n3)nc2c1. The molecule has 6 atom stereocenters. The number of ether oxygens (including phenoxy) is 3. The Kier molecular flexibility index (Phi) is 14.1. The number of hydrogen-bond donors (Lipinski definition) is 4. The Morgan fingerprint density at radius 2 is 1.85 bits per heavy atom. The van der Waals surface area contributed by atoms with E-state index >= 15 is 4.79 Å². The summed E-state index contributed by atoms with van der Waals surface area (Å²) in [5.41, 5.74) is 0.216. The summed E-state index contributed by atoms with van der Waals surface area (Å²) in [5.74, 6) is -1.77. The monoisotopic (exact) mass is 971 g/mol. The lowest BCUT2D eigenvalue weighted by Crippen LogP contribution is -2.57. The van der Waals surface area contributed by atoms with Crippen molar-refractivity contribution in [1.29, 1.82) is 0 Å². The van der Waals surface area contributed by atoms with Gasteiger partial charge in [0.25, 0.3) is 0 Å². The van der Waals surface area contributed by atoms with Gasteiger partial charge in [-0.1, -0.05) is 64.0 Å². The number of carboxylic acid groups (broad SMARTS) is 1. The number of thiazole rings is 1. The van der Waals surface area contributed by atoms with Gasteiger partial charge in [0, 0.05) is 53.2 Å². The van der Waals surface area contributed by atoms with Crippen LogP contribution in [0.4, 0.5) is 9.93 Å². The van der Waals surface area contributed by atoms with Crippen LogP contribution in [0.25, 0.3) is 22.3 Å². The van der Waals surface area contributed by atoms with E-state index in [1.807, 2.05) is 58.2 Å².